The van der Waals surface area contributed by atoms with E-state index in [-0.39, 0.29) is 12.5 Å². The van der Waals surface area contributed by atoms with E-state index < -0.39 is 0 Å². The fraction of sp³-hybridized carbons (Fsp3) is 0.737. The maximum Gasteiger partial charge on any atom is 0.248 e. The molecule has 6 nitrogen and oxygen atoms in total. The number of nitrogens with zero attached hydrogens (tertiary/aromatic N) is 2. The molecule has 1 aliphatic carbocycles. The molecule has 3 heterocycles. The number of ether oxygens (including phenoxy) is 2. The average molecular weight is 348 g/mol. The zero-order valence-electron chi connectivity index (χ0n) is 14.8. The Balaban J connectivity index is 1.24. The Morgan fingerprint density at radius 2 is 2.12 bits per heavy atom. The van der Waals surface area contributed by atoms with Crippen molar-refractivity contribution in [3.63, 3.8) is 0 Å². The maximum atomic E-state index is 12.1. The second kappa shape index (κ2) is 7.89. The van der Waals surface area contributed by atoms with Crippen molar-refractivity contribution in [3.05, 3.63) is 24.2 Å². The lowest BCUT2D eigenvalue weighted by molar-refractivity contribution is -0.135. The van der Waals surface area contributed by atoms with Gasteiger partial charge in [0.05, 0.1) is 31.8 Å². The molecular weight excluding hydrogens is 320 g/mol. The minimum atomic E-state index is 0.144. The topological polar surface area (TPSA) is 55.2 Å². The first-order valence-electron chi connectivity index (χ1n) is 9.52. The Morgan fingerprint density at radius 1 is 1.24 bits per heavy atom. The first kappa shape index (κ1) is 17.1. The molecule has 138 valence electrons. The molecule has 1 amide bonds. The third-order valence-corrected chi connectivity index (χ3v) is 5.75. The molecule has 3 fully saturated rings. The van der Waals surface area contributed by atoms with Crippen molar-refractivity contribution in [2.75, 3.05) is 39.5 Å². The Bertz CT molecular complexity index is 556. The molecule has 2 saturated heterocycles. The molecule has 0 aromatic carbocycles. The average Bonchev–Trinajstić information content (AvgIpc) is 3.36. The van der Waals surface area contributed by atoms with Crippen molar-refractivity contribution < 1.29 is 18.7 Å². The summed E-state index contributed by atoms with van der Waals surface area (Å²) in [5.74, 6) is 0.622. The lowest BCUT2D eigenvalue weighted by Crippen LogP contribution is -2.47. The summed E-state index contributed by atoms with van der Waals surface area (Å²) in [7, 11) is 0. The zero-order valence-corrected chi connectivity index (χ0v) is 14.8. The van der Waals surface area contributed by atoms with Gasteiger partial charge in [-0.3, -0.25) is 9.69 Å². The molecule has 0 unspecified atom stereocenters. The Labute approximate surface area is 149 Å². The quantitative estimate of drug-likeness (QED) is 0.786. The molecule has 3 aliphatic rings. The number of hydrogen-bond donors (Lipinski definition) is 0. The smallest absolute Gasteiger partial charge is 0.248 e. The number of rotatable bonds is 6. The van der Waals surface area contributed by atoms with Crippen LogP contribution in [0, 0.1) is 5.92 Å². The summed E-state index contributed by atoms with van der Waals surface area (Å²) < 4.78 is 16.9. The summed E-state index contributed by atoms with van der Waals surface area (Å²) in [5.41, 5.74) is 1.22. The number of fused-ring (bicyclic) bond motifs is 1. The molecular formula is C19H28N2O4. The van der Waals surface area contributed by atoms with Gasteiger partial charge in [0, 0.05) is 37.8 Å². The van der Waals surface area contributed by atoms with E-state index in [2.05, 4.69) is 4.90 Å². The molecule has 0 radical (unpaired) electrons. The molecule has 1 saturated carbocycles. The van der Waals surface area contributed by atoms with Crippen molar-refractivity contribution in [1.82, 2.24) is 9.80 Å². The molecule has 6 heteroatoms. The van der Waals surface area contributed by atoms with Crippen LogP contribution in [0.1, 0.15) is 31.2 Å². The number of furan rings is 1. The van der Waals surface area contributed by atoms with Gasteiger partial charge in [0.15, 0.2) is 0 Å². The second-order valence-corrected chi connectivity index (χ2v) is 7.52. The van der Waals surface area contributed by atoms with Gasteiger partial charge in [-0.05, 0) is 37.7 Å². The predicted molar refractivity (Wildman–Crippen MR) is 92.0 cm³/mol. The maximum absolute atomic E-state index is 12.1. The molecule has 25 heavy (non-hydrogen) atoms. The Kier molecular flexibility index (Phi) is 5.39. The predicted octanol–water partition coefficient (Wildman–Crippen LogP) is 1.90. The van der Waals surface area contributed by atoms with Crippen LogP contribution >= 0.6 is 0 Å². The number of likely N-dealkylation sites (tertiary alicyclic amines) is 1. The number of amides is 1. The fourth-order valence-electron chi connectivity index (χ4n) is 4.45. The normalized spacial score (nSPS) is 29.9. The molecule has 4 rings (SSSR count). The van der Waals surface area contributed by atoms with Gasteiger partial charge in [-0.25, -0.2) is 0 Å². The highest BCUT2D eigenvalue weighted by molar-refractivity contribution is 5.77. The molecule has 2 aliphatic heterocycles. The van der Waals surface area contributed by atoms with E-state index in [1.165, 1.54) is 5.56 Å². The van der Waals surface area contributed by atoms with Gasteiger partial charge < -0.3 is 18.8 Å². The van der Waals surface area contributed by atoms with E-state index in [0.717, 1.165) is 58.5 Å². The summed E-state index contributed by atoms with van der Waals surface area (Å²) in [4.78, 5) is 16.5. The first-order valence-corrected chi connectivity index (χ1v) is 9.52. The number of carbonyl (C=O) groups excluding carboxylic acids is 1. The summed E-state index contributed by atoms with van der Waals surface area (Å²) >= 11 is 0. The van der Waals surface area contributed by atoms with Crippen LogP contribution in [0.15, 0.2) is 23.0 Å². The monoisotopic (exact) mass is 348 g/mol. The Hall–Kier alpha value is -1.37. The summed E-state index contributed by atoms with van der Waals surface area (Å²) in [5, 5.41) is 0. The zero-order chi connectivity index (χ0) is 17.1. The van der Waals surface area contributed by atoms with Crippen LogP contribution in [0.5, 0.6) is 0 Å². The van der Waals surface area contributed by atoms with E-state index in [9.17, 15) is 4.79 Å². The van der Waals surface area contributed by atoms with Crippen molar-refractivity contribution in [3.8, 4) is 0 Å². The van der Waals surface area contributed by atoms with Crippen molar-refractivity contribution >= 4 is 5.91 Å². The van der Waals surface area contributed by atoms with Gasteiger partial charge in [0.2, 0.25) is 5.91 Å². The third kappa shape index (κ3) is 4.07. The number of hydrogen-bond acceptors (Lipinski definition) is 5. The van der Waals surface area contributed by atoms with E-state index in [4.69, 9.17) is 13.9 Å². The molecule has 3 atom stereocenters. The van der Waals surface area contributed by atoms with E-state index in [0.29, 0.717) is 24.7 Å². The second-order valence-electron chi connectivity index (χ2n) is 7.52. The van der Waals surface area contributed by atoms with Crippen molar-refractivity contribution in [1.29, 1.82) is 0 Å². The van der Waals surface area contributed by atoms with Crippen LogP contribution in [-0.4, -0.2) is 67.3 Å². The van der Waals surface area contributed by atoms with Crippen molar-refractivity contribution in [2.45, 2.75) is 44.4 Å². The minimum absolute atomic E-state index is 0.144. The van der Waals surface area contributed by atoms with Crippen molar-refractivity contribution in [2.24, 2.45) is 5.92 Å². The highest BCUT2D eigenvalue weighted by atomic mass is 16.5. The standard InChI is InChI=1S/C19H28N2O4/c22-19(20-4-1-2-5-20)14-24-13-16-9-17-18(10-16)25-8-6-21(17)11-15-3-7-23-12-15/h3,7,12,16-18H,1-2,4-6,8-11,13-14H2/t16-,17+,18-/m0/s1. The molecule has 0 N–H and O–H groups in total. The first-order chi connectivity index (χ1) is 12.3. The molecule has 0 spiro atoms. The molecule has 1 aromatic heterocycles. The summed E-state index contributed by atoms with van der Waals surface area (Å²) in [6.45, 7) is 5.36. The fourth-order valence-corrected chi connectivity index (χ4v) is 4.45. The minimum Gasteiger partial charge on any atom is -0.472 e. The van der Waals surface area contributed by atoms with Gasteiger partial charge >= 0.3 is 0 Å². The van der Waals surface area contributed by atoms with Crippen LogP contribution in [0.3, 0.4) is 0 Å². The van der Waals surface area contributed by atoms with Crippen LogP contribution in [0.4, 0.5) is 0 Å². The van der Waals surface area contributed by atoms with Crippen LogP contribution in [-0.2, 0) is 20.8 Å². The lowest BCUT2D eigenvalue weighted by Gasteiger charge is -2.37. The van der Waals surface area contributed by atoms with Gasteiger partial charge in [-0.15, -0.1) is 0 Å². The molecule has 1 aromatic rings. The van der Waals surface area contributed by atoms with Gasteiger partial charge in [-0.2, -0.15) is 0 Å². The highest BCUT2D eigenvalue weighted by Crippen LogP contribution is 2.35. The van der Waals surface area contributed by atoms with Gasteiger partial charge in [0.1, 0.15) is 6.61 Å². The van der Waals surface area contributed by atoms with Gasteiger partial charge in [-0.1, -0.05) is 0 Å². The summed E-state index contributed by atoms with van der Waals surface area (Å²) in [6, 6.07) is 2.48. The Morgan fingerprint density at radius 3 is 2.92 bits per heavy atom. The number of morpholine rings is 1. The summed E-state index contributed by atoms with van der Waals surface area (Å²) in [6.07, 6.45) is 8.22. The van der Waals surface area contributed by atoms with Crippen LogP contribution in [0.25, 0.3) is 0 Å². The largest absolute Gasteiger partial charge is 0.472 e. The van der Waals surface area contributed by atoms with Crippen LogP contribution < -0.4 is 0 Å². The molecule has 0 bridgehead atoms. The van der Waals surface area contributed by atoms with E-state index in [1.807, 2.05) is 17.2 Å². The van der Waals surface area contributed by atoms with E-state index >= 15 is 0 Å². The highest BCUT2D eigenvalue weighted by Gasteiger charge is 2.41. The van der Waals surface area contributed by atoms with Crippen LogP contribution in [0.2, 0.25) is 0 Å². The van der Waals surface area contributed by atoms with E-state index in [1.54, 1.807) is 6.26 Å². The third-order valence-electron chi connectivity index (χ3n) is 5.75. The number of carbonyl (C=O) groups is 1. The SMILES string of the molecule is O=C(COC[C@@H]1C[C@@H]2OCCN(Cc3ccoc3)[C@@H]2C1)N1CCCC1. The lowest BCUT2D eigenvalue weighted by atomic mass is 10.1. The van der Waals surface area contributed by atoms with Gasteiger partial charge in [0.25, 0.3) is 0 Å².